The molecule has 0 radical (unpaired) electrons. The fraction of sp³-hybridized carbons (Fsp3) is 0.476. The van der Waals surface area contributed by atoms with Gasteiger partial charge in [-0.2, -0.15) is 5.10 Å². The van der Waals surface area contributed by atoms with E-state index in [0.717, 1.165) is 30.2 Å². The van der Waals surface area contributed by atoms with Crippen LogP contribution in [0.1, 0.15) is 36.4 Å². The van der Waals surface area contributed by atoms with Crippen molar-refractivity contribution in [2.75, 3.05) is 19.0 Å². The van der Waals surface area contributed by atoms with Crippen LogP contribution in [0.5, 0.6) is 0 Å². The third-order valence-electron chi connectivity index (χ3n) is 4.70. The lowest BCUT2D eigenvalue weighted by Gasteiger charge is -2.18. The number of nitrogens with one attached hydrogen (secondary N) is 3. The van der Waals surface area contributed by atoms with Crippen LogP contribution in [0, 0.1) is 13.8 Å². The summed E-state index contributed by atoms with van der Waals surface area (Å²) in [6, 6.07) is 7.74. The van der Waals surface area contributed by atoms with Crippen molar-refractivity contribution in [1.82, 2.24) is 20.4 Å². The Bertz CT molecular complexity index is 842. The van der Waals surface area contributed by atoms with E-state index in [1.165, 1.54) is 18.4 Å². The van der Waals surface area contributed by atoms with Crippen LogP contribution in [0.15, 0.2) is 29.3 Å². The second kappa shape index (κ2) is 10.5. The molecular formula is C21H32N6O2. The van der Waals surface area contributed by atoms with E-state index in [1.54, 1.807) is 0 Å². The standard InChI is InChI=1S/C21H32N6O2/c1-7-22-20(24-14(2)12-19-15(3)26-27(5)16(19)4)23-13-17-8-10-18(11-9-17)25-21(28)29-6/h8-11,14H,7,12-13H2,1-6H3,(H,25,28)(H2,22,23,24). The van der Waals surface area contributed by atoms with Gasteiger partial charge < -0.3 is 15.4 Å². The van der Waals surface area contributed by atoms with Crippen LogP contribution in [0.2, 0.25) is 0 Å². The zero-order valence-corrected chi connectivity index (χ0v) is 18.2. The number of carbonyl (C=O) groups excluding carboxylic acids is 1. The van der Waals surface area contributed by atoms with E-state index >= 15 is 0 Å². The van der Waals surface area contributed by atoms with Crippen LogP contribution in [-0.4, -0.2) is 41.5 Å². The maximum atomic E-state index is 11.3. The Kier molecular flexibility index (Phi) is 8.06. The number of aromatic nitrogens is 2. The highest BCUT2D eigenvalue weighted by atomic mass is 16.5. The molecular weight excluding hydrogens is 368 g/mol. The van der Waals surface area contributed by atoms with Crippen LogP contribution in [0.3, 0.4) is 0 Å². The minimum atomic E-state index is -0.484. The number of nitrogens with zero attached hydrogens (tertiary/aromatic N) is 3. The number of amides is 1. The molecule has 0 saturated heterocycles. The van der Waals surface area contributed by atoms with Crippen molar-refractivity contribution in [3.05, 3.63) is 46.8 Å². The van der Waals surface area contributed by atoms with E-state index in [4.69, 9.17) is 0 Å². The Morgan fingerprint density at radius 3 is 2.52 bits per heavy atom. The number of aryl methyl sites for hydroxylation is 2. The number of rotatable bonds is 7. The van der Waals surface area contributed by atoms with Crippen molar-refractivity contribution in [3.63, 3.8) is 0 Å². The molecule has 1 atom stereocenters. The molecule has 0 aliphatic heterocycles. The molecule has 0 saturated carbocycles. The van der Waals surface area contributed by atoms with E-state index in [0.29, 0.717) is 12.2 Å². The second-order valence-corrected chi connectivity index (χ2v) is 7.03. The first-order chi connectivity index (χ1) is 13.8. The number of ether oxygens (including phenoxy) is 1. The monoisotopic (exact) mass is 400 g/mol. The number of aliphatic imine (C=N–C) groups is 1. The van der Waals surface area contributed by atoms with Crippen LogP contribution in [0.25, 0.3) is 0 Å². The third kappa shape index (κ3) is 6.51. The van der Waals surface area contributed by atoms with Gasteiger partial charge >= 0.3 is 6.09 Å². The van der Waals surface area contributed by atoms with Crippen LogP contribution >= 0.6 is 0 Å². The van der Waals surface area contributed by atoms with Gasteiger partial charge in [0.2, 0.25) is 0 Å². The smallest absolute Gasteiger partial charge is 0.411 e. The number of anilines is 1. The van der Waals surface area contributed by atoms with Crippen molar-refractivity contribution in [2.24, 2.45) is 12.0 Å². The van der Waals surface area contributed by atoms with Gasteiger partial charge in [0.15, 0.2) is 5.96 Å². The van der Waals surface area contributed by atoms with Crippen molar-refractivity contribution in [3.8, 4) is 0 Å². The van der Waals surface area contributed by atoms with Gasteiger partial charge in [-0.05, 0) is 57.4 Å². The van der Waals surface area contributed by atoms with Crippen LogP contribution in [0.4, 0.5) is 10.5 Å². The van der Waals surface area contributed by atoms with Crippen LogP contribution < -0.4 is 16.0 Å². The predicted molar refractivity (Wildman–Crippen MR) is 116 cm³/mol. The van der Waals surface area contributed by atoms with Crippen molar-refractivity contribution in [2.45, 2.75) is 46.7 Å². The fourth-order valence-electron chi connectivity index (χ4n) is 3.06. The summed E-state index contributed by atoms with van der Waals surface area (Å²) in [5.74, 6) is 0.774. The van der Waals surface area contributed by atoms with E-state index in [1.807, 2.05) is 49.8 Å². The zero-order chi connectivity index (χ0) is 21.4. The molecule has 158 valence electrons. The van der Waals surface area contributed by atoms with Crippen LogP contribution in [-0.2, 0) is 24.8 Å². The SMILES string of the molecule is CCNC(=NCc1ccc(NC(=O)OC)cc1)NC(C)Cc1c(C)nn(C)c1C. The molecule has 0 aliphatic rings. The van der Waals surface area contributed by atoms with Crippen molar-refractivity contribution < 1.29 is 9.53 Å². The average Bonchev–Trinajstić information content (AvgIpc) is 2.93. The number of benzene rings is 1. The molecule has 2 aromatic rings. The lowest BCUT2D eigenvalue weighted by Crippen LogP contribution is -2.43. The minimum Gasteiger partial charge on any atom is -0.453 e. The maximum absolute atomic E-state index is 11.3. The normalized spacial score (nSPS) is 12.4. The Morgan fingerprint density at radius 2 is 1.97 bits per heavy atom. The van der Waals surface area contributed by atoms with Gasteiger partial charge in [0, 0.05) is 31.0 Å². The minimum absolute atomic E-state index is 0.209. The first-order valence-corrected chi connectivity index (χ1v) is 9.81. The van der Waals surface area contributed by atoms with E-state index < -0.39 is 6.09 Å². The lowest BCUT2D eigenvalue weighted by molar-refractivity contribution is 0.187. The zero-order valence-electron chi connectivity index (χ0n) is 18.2. The fourth-order valence-corrected chi connectivity index (χ4v) is 3.06. The average molecular weight is 401 g/mol. The molecule has 8 nitrogen and oxygen atoms in total. The first kappa shape index (κ1) is 22.3. The number of methoxy groups -OCH3 is 1. The summed E-state index contributed by atoms with van der Waals surface area (Å²) in [6.45, 7) is 9.65. The summed E-state index contributed by atoms with van der Waals surface area (Å²) in [7, 11) is 3.31. The Balaban J connectivity index is 1.99. The van der Waals surface area contributed by atoms with E-state index in [2.05, 4.69) is 44.6 Å². The summed E-state index contributed by atoms with van der Waals surface area (Å²) in [5, 5.41) is 13.9. The van der Waals surface area contributed by atoms with Gasteiger partial charge in [0.05, 0.1) is 19.3 Å². The summed E-state index contributed by atoms with van der Waals surface area (Å²) in [6.07, 6.45) is 0.395. The number of hydrogen-bond donors (Lipinski definition) is 3. The predicted octanol–water partition coefficient (Wildman–Crippen LogP) is 2.90. The highest BCUT2D eigenvalue weighted by Gasteiger charge is 2.14. The molecule has 0 aliphatic carbocycles. The lowest BCUT2D eigenvalue weighted by atomic mass is 10.1. The van der Waals surface area contributed by atoms with Gasteiger partial charge in [-0.15, -0.1) is 0 Å². The van der Waals surface area contributed by atoms with E-state index in [9.17, 15) is 4.79 Å². The molecule has 1 aromatic carbocycles. The number of guanidine groups is 1. The largest absolute Gasteiger partial charge is 0.453 e. The quantitative estimate of drug-likeness (QED) is 0.491. The van der Waals surface area contributed by atoms with Gasteiger partial charge in [-0.3, -0.25) is 10.00 Å². The van der Waals surface area contributed by atoms with Crippen molar-refractivity contribution in [1.29, 1.82) is 0 Å². The molecule has 1 aromatic heterocycles. The van der Waals surface area contributed by atoms with Gasteiger partial charge in [0.1, 0.15) is 0 Å². The highest BCUT2D eigenvalue weighted by molar-refractivity contribution is 5.84. The molecule has 2 rings (SSSR count). The number of carbonyl (C=O) groups is 1. The Hall–Kier alpha value is -3.03. The Morgan fingerprint density at radius 1 is 1.28 bits per heavy atom. The molecule has 3 N–H and O–H groups in total. The molecule has 1 heterocycles. The molecule has 1 amide bonds. The van der Waals surface area contributed by atoms with Gasteiger partial charge in [-0.25, -0.2) is 9.79 Å². The molecule has 8 heteroatoms. The van der Waals surface area contributed by atoms with Gasteiger partial charge in [-0.1, -0.05) is 12.1 Å². The first-order valence-electron chi connectivity index (χ1n) is 9.81. The summed E-state index contributed by atoms with van der Waals surface area (Å²) >= 11 is 0. The molecule has 1 unspecified atom stereocenters. The molecule has 0 spiro atoms. The second-order valence-electron chi connectivity index (χ2n) is 7.03. The third-order valence-corrected chi connectivity index (χ3v) is 4.70. The molecule has 0 bridgehead atoms. The molecule has 0 fully saturated rings. The number of hydrogen-bond acceptors (Lipinski definition) is 4. The summed E-state index contributed by atoms with van der Waals surface area (Å²) in [4.78, 5) is 15.9. The van der Waals surface area contributed by atoms with E-state index in [-0.39, 0.29) is 6.04 Å². The summed E-state index contributed by atoms with van der Waals surface area (Å²) < 4.78 is 6.52. The Labute approximate surface area is 172 Å². The highest BCUT2D eigenvalue weighted by Crippen LogP contribution is 2.14. The molecule has 29 heavy (non-hydrogen) atoms. The summed E-state index contributed by atoms with van der Waals surface area (Å²) in [5.41, 5.74) is 5.27. The topological polar surface area (TPSA) is 92.6 Å². The van der Waals surface area contributed by atoms with Crippen molar-refractivity contribution >= 4 is 17.7 Å². The maximum Gasteiger partial charge on any atom is 0.411 e. The van der Waals surface area contributed by atoms with Gasteiger partial charge in [0.25, 0.3) is 0 Å².